The molecule has 1 unspecified atom stereocenters. The Kier molecular flexibility index (Phi) is 5.14. The summed E-state index contributed by atoms with van der Waals surface area (Å²) in [6, 6.07) is 0. The minimum atomic E-state index is -0.496. The number of likely N-dealkylation sites (tertiary alicyclic amines) is 1. The first-order valence-electron chi connectivity index (χ1n) is 6.42. The van der Waals surface area contributed by atoms with Gasteiger partial charge in [-0.25, -0.2) is 4.79 Å². The average molecular weight is 257 g/mol. The van der Waals surface area contributed by atoms with Crippen LogP contribution in [-0.4, -0.2) is 48.7 Å². The van der Waals surface area contributed by atoms with E-state index in [1.807, 2.05) is 27.7 Å². The lowest BCUT2D eigenvalue weighted by molar-refractivity contribution is -0.126. The van der Waals surface area contributed by atoms with Crippen molar-refractivity contribution in [2.24, 2.45) is 5.92 Å². The van der Waals surface area contributed by atoms with Crippen LogP contribution in [0.3, 0.4) is 0 Å². The maximum absolute atomic E-state index is 11.8. The Bertz CT molecular complexity index is 309. The lowest BCUT2D eigenvalue weighted by Crippen LogP contribution is -2.36. The molecule has 0 aliphatic carbocycles. The first-order chi connectivity index (χ1) is 8.33. The molecule has 5 heteroatoms. The number of nitrogens with zero attached hydrogens (tertiary/aromatic N) is 1. The molecule has 0 spiro atoms. The molecule has 1 aliphatic rings. The van der Waals surface area contributed by atoms with Crippen molar-refractivity contribution in [3.63, 3.8) is 0 Å². The summed E-state index contributed by atoms with van der Waals surface area (Å²) in [5.41, 5.74) is -0.496. The maximum atomic E-state index is 11.8. The summed E-state index contributed by atoms with van der Waals surface area (Å²) in [5, 5.41) is 0. The molecule has 1 heterocycles. The second-order valence-electron chi connectivity index (χ2n) is 5.52. The van der Waals surface area contributed by atoms with Crippen LogP contribution in [0.5, 0.6) is 0 Å². The molecular weight excluding hydrogens is 234 g/mol. The molecule has 5 nitrogen and oxygen atoms in total. The smallest absolute Gasteiger partial charge is 0.410 e. The van der Waals surface area contributed by atoms with Crippen LogP contribution in [0.4, 0.5) is 4.79 Å². The van der Waals surface area contributed by atoms with E-state index in [9.17, 15) is 9.59 Å². The number of Topliss-reactive ketones (excluding diaryl/α,β-unsaturated/α-hetero) is 1. The fraction of sp³-hybridized carbons (Fsp3) is 0.846. The van der Waals surface area contributed by atoms with Gasteiger partial charge in [0.1, 0.15) is 12.2 Å². The summed E-state index contributed by atoms with van der Waals surface area (Å²) in [4.78, 5) is 25.2. The molecule has 104 valence electrons. The van der Waals surface area contributed by atoms with Gasteiger partial charge in [0.15, 0.2) is 5.78 Å². The molecule has 0 bridgehead atoms. The van der Waals surface area contributed by atoms with E-state index in [1.54, 1.807) is 4.90 Å². The van der Waals surface area contributed by atoms with Gasteiger partial charge in [-0.15, -0.1) is 0 Å². The molecular formula is C13H23NO4. The quantitative estimate of drug-likeness (QED) is 0.771. The maximum Gasteiger partial charge on any atom is 0.410 e. The first kappa shape index (κ1) is 15.0. The molecule has 0 aromatic rings. The Morgan fingerprint density at radius 1 is 1.33 bits per heavy atom. The van der Waals surface area contributed by atoms with Gasteiger partial charge in [-0.1, -0.05) is 0 Å². The zero-order valence-electron chi connectivity index (χ0n) is 11.7. The Hall–Kier alpha value is -1.10. The highest BCUT2D eigenvalue weighted by molar-refractivity contribution is 5.83. The monoisotopic (exact) mass is 257 g/mol. The van der Waals surface area contributed by atoms with Crippen LogP contribution in [0.2, 0.25) is 0 Å². The lowest BCUT2D eigenvalue weighted by atomic mass is 10.0. The van der Waals surface area contributed by atoms with E-state index in [-0.39, 0.29) is 24.4 Å². The number of carbonyl (C=O) groups excluding carboxylic acids is 2. The molecule has 0 N–H and O–H groups in total. The van der Waals surface area contributed by atoms with Gasteiger partial charge in [-0.05, 0) is 34.1 Å². The van der Waals surface area contributed by atoms with E-state index in [2.05, 4.69) is 0 Å². The molecule has 1 saturated heterocycles. The highest BCUT2D eigenvalue weighted by Gasteiger charge is 2.33. The number of hydrogen-bond donors (Lipinski definition) is 0. The molecule has 1 amide bonds. The lowest BCUT2D eigenvalue weighted by Gasteiger charge is -2.24. The number of hydrogen-bond acceptors (Lipinski definition) is 4. The Balaban J connectivity index is 2.41. The zero-order chi connectivity index (χ0) is 13.8. The Labute approximate surface area is 108 Å². The van der Waals surface area contributed by atoms with Gasteiger partial charge in [-0.3, -0.25) is 4.79 Å². The van der Waals surface area contributed by atoms with Gasteiger partial charge in [-0.2, -0.15) is 0 Å². The standard InChI is InChI=1S/C13H23NO4/c1-5-17-9-11(15)10-6-7-14(8-10)12(16)18-13(2,3)4/h10H,5-9H2,1-4H3. The van der Waals surface area contributed by atoms with Crippen LogP contribution < -0.4 is 0 Å². The van der Waals surface area contributed by atoms with E-state index in [0.717, 1.165) is 0 Å². The van der Waals surface area contributed by atoms with E-state index in [1.165, 1.54) is 0 Å². The third-order valence-electron chi connectivity index (χ3n) is 2.74. The van der Waals surface area contributed by atoms with Crippen molar-refractivity contribution in [3.05, 3.63) is 0 Å². The predicted octanol–water partition coefficient (Wildman–Crippen LogP) is 1.85. The third-order valence-corrected chi connectivity index (χ3v) is 2.74. The Morgan fingerprint density at radius 2 is 2.00 bits per heavy atom. The molecule has 0 saturated carbocycles. The molecule has 1 aliphatic heterocycles. The van der Waals surface area contributed by atoms with Crippen molar-refractivity contribution in [1.29, 1.82) is 0 Å². The average Bonchev–Trinajstić information content (AvgIpc) is 2.72. The second kappa shape index (κ2) is 6.18. The van der Waals surface area contributed by atoms with Crippen molar-refractivity contribution >= 4 is 11.9 Å². The van der Waals surface area contributed by atoms with Gasteiger partial charge >= 0.3 is 6.09 Å². The van der Waals surface area contributed by atoms with Crippen LogP contribution >= 0.6 is 0 Å². The Morgan fingerprint density at radius 3 is 2.56 bits per heavy atom. The predicted molar refractivity (Wildman–Crippen MR) is 67.4 cm³/mol. The minimum absolute atomic E-state index is 0.0721. The van der Waals surface area contributed by atoms with Gasteiger partial charge in [0.2, 0.25) is 0 Å². The van der Waals surface area contributed by atoms with Crippen molar-refractivity contribution in [2.75, 3.05) is 26.3 Å². The van der Waals surface area contributed by atoms with Crippen LogP contribution in [0.25, 0.3) is 0 Å². The van der Waals surface area contributed by atoms with Crippen LogP contribution in [0.1, 0.15) is 34.1 Å². The zero-order valence-corrected chi connectivity index (χ0v) is 11.7. The molecule has 0 aromatic carbocycles. The summed E-state index contributed by atoms with van der Waals surface area (Å²) in [5.74, 6) is -0.0352. The van der Waals surface area contributed by atoms with Crippen LogP contribution in [0.15, 0.2) is 0 Å². The second-order valence-corrected chi connectivity index (χ2v) is 5.52. The topological polar surface area (TPSA) is 55.8 Å². The first-order valence-corrected chi connectivity index (χ1v) is 6.42. The van der Waals surface area contributed by atoms with Gasteiger partial charge in [0, 0.05) is 25.6 Å². The molecule has 1 rings (SSSR count). The largest absolute Gasteiger partial charge is 0.444 e. The van der Waals surface area contributed by atoms with Crippen molar-refractivity contribution < 1.29 is 19.1 Å². The van der Waals surface area contributed by atoms with E-state index < -0.39 is 5.60 Å². The van der Waals surface area contributed by atoms with Gasteiger partial charge < -0.3 is 14.4 Å². The number of ether oxygens (including phenoxy) is 2. The summed E-state index contributed by atoms with van der Waals surface area (Å²) in [6.45, 7) is 9.06. The molecule has 0 aromatic heterocycles. The fourth-order valence-corrected chi connectivity index (χ4v) is 1.84. The summed E-state index contributed by atoms with van der Waals surface area (Å²) in [6.07, 6.45) is 0.361. The van der Waals surface area contributed by atoms with E-state index in [4.69, 9.17) is 9.47 Å². The molecule has 1 fully saturated rings. The van der Waals surface area contributed by atoms with Gasteiger partial charge in [0.05, 0.1) is 0 Å². The van der Waals surface area contributed by atoms with Crippen molar-refractivity contribution in [3.8, 4) is 0 Å². The third kappa shape index (κ3) is 4.64. The number of carbonyl (C=O) groups is 2. The number of ketones is 1. The van der Waals surface area contributed by atoms with E-state index >= 15 is 0 Å². The van der Waals surface area contributed by atoms with E-state index in [0.29, 0.717) is 26.1 Å². The molecule has 18 heavy (non-hydrogen) atoms. The molecule has 0 radical (unpaired) electrons. The van der Waals surface area contributed by atoms with Crippen LogP contribution in [-0.2, 0) is 14.3 Å². The normalized spacial score (nSPS) is 20.0. The highest BCUT2D eigenvalue weighted by Crippen LogP contribution is 2.20. The SMILES string of the molecule is CCOCC(=O)C1CCN(C(=O)OC(C)(C)C)C1. The number of amides is 1. The highest BCUT2D eigenvalue weighted by atomic mass is 16.6. The minimum Gasteiger partial charge on any atom is -0.444 e. The van der Waals surface area contributed by atoms with Crippen molar-refractivity contribution in [2.45, 2.75) is 39.7 Å². The summed E-state index contributed by atoms with van der Waals surface area (Å²) in [7, 11) is 0. The van der Waals surface area contributed by atoms with Gasteiger partial charge in [0.25, 0.3) is 0 Å². The summed E-state index contributed by atoms with van der Waals surface area (Å²) < 4.78 is 10.4. The number of rotatable bonds is 4. The summed E-state index contributed by atoms with van der Waals surface area (Å²) >= 11 is 0. The van der Waals surface area contributed by atoms with Crippen LogP contribution in [0, 0.1) is 5.92 Å². The fourth-order valence-electron chi connectivity index (χ4n) is 1.84. The molecule has 1 atom stereocenters. The van der Waals surface area contributed by atoms with Crippen molar-refractivity contribution in [1.82, 2.24) is 4.90 Å².